The predicted octanol–water partition coefficient (Wildman–Crippen LogP) is 0.564. The number of carbonyl (C=O) groups is 2. The van der Waals surface area contributed by atoms with Crippen molar-refractivity contribution in [2.75, 3.05) is 26.7 Å². The molecule has 0 unspecified atom stereocenters. The lowest BCUT2D eigenvalue weighted by atomic mass is 10.2. The molecule has 0 atom stereocenters. The molecule has 2 N–H and O–H groups in total. The summed E-state index contributed by atoms with van der Waals surface area (Å²) in [5, 5.41) is 13.2. The summed E-state index contributed by atoms with van der Waals surface area (Å²) in [4.78, 5) is 37.4. The van der Waals surface area contributed by atoms with Gasteiger partial charge in [-0.2, -0.15) is 0 Å². The number of amides is 1. The maximum atomic E-state index is 11.9. The van der Waals surface area contributed by atoms with E-state index in [1.165, 1.54) is 12.3 Å². The topological polar surface area (TPSA) is 108 Å². The van der Waals surface area contributed by atoms with Gasteiger partial charge in [0.2, 0.25) is 5.91 Å². The average molecular weight is 282 g/mol. The highest BCUT2D eigenvalue weighted by Crippen LogP contribution is 2.12. The van der Waals surface area contributed by atoms with E-state index < -0.39 is 4.92 Å². The molecule has 8 nitrogen and oxygen atoms in total. The molecule has 0 bridgehead atoms. The number of nitro groups is 1. The van der Waals surface area contributed by atoms with Crippen LogP contribution >= 0.6 is 0 Å². The van der Waals surface area contributed by atoms with Crippen molar-refractivity contribution in [1.82, 2.24) is 15.2 Å². The maximum Gasteiger partial charge on any atom is 0.287 e. The molecule has 20 heavy (non-hydrogen) atoms. The third kappa shape index (κ3) is 4.81. The lowest BCUT2D eigenvalue weighted by molar-refractivity contribution is -0.384. The van der Waals surface area contributed by atoms with E-state index in [-0.39, 0.29) is 36.2 Å². The first kappa shape index (κ1) is 15.8. The number of carbonyl (C=O) groups excluding carboxylic acids is 2. The van der Waals surface area contributed by atoms with Gasteiger partial charge in [-0.25, -0.2) is 0 Å². The van der Waals surface area contributed by atoms with E-state index in [0.29, 0.717) is 6.54 Å². The quantitative estimate of drug-likeness (QED) is 0.411. The van der Waals surface area contributed by atoms with E-state index in [1.807, 2.05) is 6.92 Å². The zero-order valence-corrected chi connectivity index (χ0v) is 11.5. The number of H-pyrrole nitrogens is 1. The lowest BCUT2D eigenvalue weighted by Gasteiger charge is -2.14. The smallest absolute Gasteiger partial charge is 0.287 e. The second kappa shape index (κ2) is 7.39. The number of nitrogens with zero attached hydrogens (tertiary/aromatic N) is 2. The Hall–Kier alpha value is -2.22. The molecule has 8 heteroatoms. The molecule has 0 aliphatic carbocycles. The highest BCUT2D eigenvalue weighted by atomic mass is 16.6. The van der Waals surface area contributed by atoms with Crippen molar-refractivity contribution >= 4 is 17.4 Å². The Balaban J connectivity index is 2.48. The first-order valence-corrected chi connectivity index (χ1v) is 6.25. The van der Waals surface area contributed by atoms with Crippen molar-refractivity contribution in [1.29, 1.82) is 0 Å². The molecule has 1 aromatic rings. The number of hydrogen-bond acceptors (Lipinski definition) is 5. The fourth-order valence-electron chi connectivity index (χ4n) is 1.60. The zero-order chi connectivity index (χ0) is 15.1. The molecule has 1 heterocycles. The van der Waals surface area contributed by atoms with Crippen LogP contribution in [0.4, 0.5) is 5.69 Å². The Kier molecular flexibility index (Phi) is 5.85. The Labute approximate surface area is 116 Å². The molecule has 0 aromatic carbocycles. The maximum absolute atomic E-state index is 11.9. The SMILES string of the molecule is CCCNC(=O)CN(C)CC(=O)c1cc([N+](=O)[O-])c[nH]1. The van der Waals surface area contributed by atoms with E-state index >= 15 is 0 Å². The minimum absolute atomic E-state index is 0.0111. The van der Waals surface area contributed by atoms with E-state index in [0.717, 1.165) is 6.42 Å². The minimum Gasteiger partial charge on any atom is -0.355 e. The van der Waals surface area contributed by atoms with E-state index in [9.17, 15) is 19.7 Å². The van der Waals surface area contributed by atoms with E-state index in [2.05, 4.69) is 10.3 Å². The second-order valence-electron chi connectivity index (χ2n) is 4.47. The number of likely N-dealkylation sites (N-methyl/N-ethyl adjacent to an activating group) is 1. The van der Waals surface area contributed by atoms with Crippen LogP contribution in [0.25, 0.3) is 0 Å². The molecule has 0 aliphatic rings. The summed E-state index contributed by atoms with van der Waals surface area (Å²) >= 11 is 0. The van der Waals surface area contributed by atoms with Crippen LogP contribution in [-0.4, -0.2) is 53.2 Å². The summed E-state index contributed by atoms with van der Waals surface area (Å²) in [7, 11) is 1.64. The molecular formula is C12H18N4O4. The van der Waals surface area contributed by atoms with Crippen LogP contribution in [0.15, 0.2) is 12.3 Å². The van der Waals surface area contributed by atoms with Crippen LogP contribution in [-0.2, 0) is 4.79 Å². The third-order valence-electron chi connectivity index (χ3n) is 2.58. The van der Waals surface area contributed by atoms with Crippen molar-refractivity contribution in [3.63, 3.8) is 0 Å². The highest BCUT2D eigenvalue weighted by Gasteiger charge is 2.16. The number of ketones is 1. The van der Waals surface area contributed by atoms with Gasteiger partial charge in [0.25, 0.3) is 5.69 Å². The van der Waals surface area contributed by atoms with Gasteiger partial charge >= 0.3 is 0 Å². The molecule has 0 aliphatic heterocycles. The Morgan fingerprint density at radius 2 is 2.15 bits per heavy atom. The van der Waals surface area contributed by atoms with Crippen LogP contribution < -0.4 is 5.32 Å². The summed E-state index contributed by atoms with van der Waals surface area (Å²) in [6.45, 7) is 2.67. The van der Waals surface area contributed by atoms with Crippen molar-refractivity contribution in [3.8, 4) is 0 Å². The first-order valence-electron chi connectivity index (χ1n) is 6.25. The van der Waals surface area contributed by atoms with Gasteiger partial charge in [0.05, 0.1) is 29.9 Å². The number of aromatic nitrogens is 1. The average Bonchev–Trinajstić information content (AvgIpc) is 2.85. The molecular weight excluding hydrogens is 264 g/mol. The first-order chi connectivity index (χ1) is 9.43. The van der Waals surface area contributed by atoms with Gasteiger partial charge in [-0.05, 0) is 13.5 Å². The van der Waals surface area contributed by atoms with E-state index in [1.54, 1.807) is 11.9 Å². The Bertz CT molecular complexity index is 497. The van der Waals surface area contributed by atoms with Gasteiger partial charge in [-0.3, -0.25) is 24.6 Å². The Morgan fingerprint density at radius 1 is 1.45 bits per heavy atom. The minimum atomic E-state index is -0.574. The number of nitrogens with one attached hydrogen (secondary N) is 2. The van der Waals surface area contributed by atoms with E-state index in [4.69, 9.17) is 0 Å². The highest BCUT2D eigenvalue weighted by molar-refractivity contribution is 5.96. The molecule has 1 rings (SSSR count). The van der Waals surface area contributed by atoms with Gasteiger partial charge in [-0.1, -0.05) is 6.92 Å². The fourth-order valence-corrected chi connectivity index (χ4v) is 1.60. The summed E-state index contributed by atoms with van der Waals surface area (Å²) in [5.74, 6) is -0.455. The summed E-state index contributed by atoms with van der Waals surface area (Å²) in [5.41, 5.74) is 0.00853. The summed E-state index contributed by atoms with van der Waals surface area (Å²) in [6.07, 6.45) is 2.02. The number of Topliss-reactive ketones (excluding diaryl/α,β-unsaturated/α-hetero) is 1. The Morgan fingerprint density at radius 3 is 2.70 bits per heavy atom. The van der Waals surface area contributed by atoms with Crippen molar-refractivity contribution < 1.29 is 14.5 Å². The van der Waals surface area contributed by atoms with Gasteiger partial charge in [0.15, 0.2) is 5.78 Å². The van der Waals surface area contributed by atoms with Crippen molar-refractivity contribution in [2.24, 2.45) is 0 Å². The monoisotopic (exact) mass is 282 g/mol. The standard InChI is InChI=1S/C12H18N4O4/c1-3-4-13-12(18)8-15(2)7-11(17)10-5-9(6-14-10)16(19)20/h5-6,14H,3-4,7-8H2,1-2H3,(H,13,18). The van der Waals surface area contributed by atoms with Crippen LogP contribution in [0, 0.1) is 10.1 Å². The number of hydrogen-bond donors (Lipinski definition) is 2. The molecule has 0 saturated carbocycles. The largest absolute Gasteiger partial charge is 0.355 e. The second-order valence-corrected chi connectivity index (χ2v) is 4.47. The molecule has 1 amide bonds. The van der Waals surface area contributed by atoms with Crippen molar-refractivity contribution in [2.45, 2.75) is 13.3 Å². The van der Waals surface area contributed by atoms with Crippen LogP contribution in [0.2, 0.25) is 0 Å². The normalized spacial score (nSPS) is 10.6. The van der Waals surface area contributed by atoms with Gasteiger partial charge < -0.3 is 10.3 Å². The summed E-state index contributed by atoms with van der Waals surface area (Å²) in [6, 6.07) is 1.19. The van der Waals surface area contributed by atoms with Crippen molar-refractivity contribution in [3.05, 3.63) is 28.1 Å². The van der Waals surface area contributed by atoms with Crippen LogP contribution in [0.5, 0.6) is 0 Å². The summed E-state index contributed by atoms with van der Waals surface area (Å²) < 4.78 is 0. The zero-order valence-electron chi connectivity index (χ0n) is 11.5. The fraction of sp³-hybridized carbons (Fsp3) is 0.500. The molecule has 1 aromatic heterocycles. The van der Waals surface area contributed by atoms with Gasteiger partial charge in [-0.15, -0.1) is 0 Å². The third-order valence-corrected chi connectivity index (χ3v) is 2.58. The molecule has 0 radical (unpaired) electrons. The molecule has 0 spiro atoms. The molecule has 0 saturated heterocycles. The predicted molar refractivity (Wildman–Crippen MR) is 72.6 cm³/mol. The van der Waals surface area contributed by atoms with Crippen LogP contribution in [0.3, 0.4) is 0 Å². The van der Waals surface area contributed by atoms with Gasteiger partial charge in [0, 0.05) is 12.6 Å². The van der Waals surface area contributed by atoms with Crippen LogP contribution in [0.1, 0.15) is 23.8 Å². The number of rotatable bonds is 8. The lowest BCUT2D eigenvalue weighted by Crippen LogP contribution is -2.37. The number of aromatic amines is 1. The van der Waals surface area contributed by atoms with Gasteiger partial charge in [0.1, 0.15) is 0 Å². The molecule has 110 valence electrons. The molecule has 0 fully saturated rings.